The predicted octanol–water partition coefficient (Wildman–Crippen LogP) is 5.31. The van der Waals surface area contributed by atoms with Crippen LogP contribution in [0.3, 0.4) is 0 Å². The highest BCUT2D eigenvalue weighted by Gasteiger charge is 2.46. The van der Waals surface area contributed by atoms with Gasteiger partial charge in [-0.2, -0.15) is 21.6 Å². The van der Waals surface area contributed by atoms with E-state index < -0.39 is 15.5 Å². The zero-order valence-electron chi connectivity index (χ0n) is 14.9. The van der Waals surface area contributed by atoms with Crippen LogP contribution in [0.1, 0.15) is 51.0 Å². The number of benzene rings is 1. The predicted molar refractivity (Wildman–Crippen MR) is 99.4 cm³/mol. The number of nitrogens with one attached hydrogen (secondary N) is 1. The molecule has 0 atom stereocenters. The fourth-order valence-corrected chi connectivity index (χ4v) is 3.68. The van der Waals surface area contributed by atoms with Gasteiger partial charge in [-0.25, -0.2) is 0 Å². The maximum Gasteiger partial charge on any atom is 0.516 e. The van der Waals surface area contributed by atoms with E-state index in [-0.39, 0.29) is 16.3 Å². The third kappa shape index (κ3) is 6.00. The SMILES string of the molecule is CC/C(=N\OCC1CCCCC1)c1cc(Cl)ccc1NS(=O)(=O)C(F)(F)F. The van der Waals surface area contributed by atoms with Crippen LogP contribution < -0.4 is 4.72 Å². The Morgan fingerprint density at radius 2 is 1.96 bits per heavy atom. The van der Waals surface area contributed by atoms with Crippen molar-refractivity contribution in [2.24, 2.45) is 11.1 Å². The van der Waals surface area contributed by atoms with E-state index in [2.05, 4.69) is 5.16 Å². The van der Waals surface area contributed by atoms with Crippen LogP contribution in [0.5, 0.6) is 0 Å². The zero-order chi connectivity index (χ0) is 20.1. The number of halogens is 4. The van der Waals surface area contributed by atoms with Gasteiger partial charge in [-0.1, -0.05) is 42.9 Å². The largest absolute Gasteiger partial charge is 0.516 e. The standard InChI is InChI=1S/C17H22ClF3N2O3S/c1-2-15(22-26-11-12-6-4-3-5-7-12)14-10-13(18)8-9-16(14)23-27(24,25)17(19,20)21/h8-10,12,23H,2-7,11H2,1H3/b22-15+. The van der Waals surface area contributed by atoms with E-state index >= 15 is 0 Å². The first-order valence-corrected chi connectivity index (χ1v) is 10.6. The summed E-state index contributed by atoms with van der Waals surface area (Å²) in [5.41, 5.74) is -5.21. The lowest BCUT2D eigenvalue weighted by atomic mass is 9.90. The minimum Gasteiger partial charge on any atom is -0.395 e. The number of anilines is 1. The molecular formula is C17H22ClF3N2O3S. The van der Waals surface area contributed by atoms with E-state index in [1.807, 2.05) is 0 Å². The number of sulfonamides is 1. The second-order valence-electron chi connectivity index (χ2n) is 6.43. The molecule has 10 heteroatoms. The summed E-state index contributed by atoms with van der Waals surface area (Å²) in [5.74, 6) is 0.406. The summed E-state index contributed by atoms with van der Waals surface area (Å²) < 4.78 is 62.5. The fraction of sp³-hybridized carbons (Fsp3) is 0.588. The molecule has 0 bridgehead atoms. The Kier molecular flexibility index (Phi) is 7.39. The maximum atomic E-state index is 12.7. The first kappa shape index (κ1) is 21.8. The van der Waals surface area contributed by atoms with Crippen LogP contribution in [-0.2, 0) is 14.9 Å². The first-order valence-electron chi connectivity index (χ1n) is 8.72. The summed E-state index contributed by atoms with van der Waals surface area (Å²) in [4.78, 5) is 5.42. The molecule has 2 rings (SSSR count). The van der Waals surface area contributed by atoms with Gasteiger partial charge in [0.05, 0.1) is 11.4 Å². The van der Waals surface area contributed by atoms with E-state index in [0.29, 0.717) is 24.7 Å². The lowest BCUT2D eigenvalue weighted by molar-refractivity contribution is -0.0429. The summed E-state index contributed by atoms with van der Waals surface area (Å²) in [5, 5.41) is 4.29. The summed E-state index contributed by atoms with van der Waals surface area (Å²) in [6.45, 7) is 2.17. The van der Waals surface area contributed by atoms with E-state index in [0.717, 1.165) is 25.7 Å². The normalized spacial score (nSPS) is 17.0. The summed E-state index contributed by atoms with van der Waals surface area (Å²) >= 11 is 5.94. The van der Waals surface area contributed by atoms with Crippen molar-refractivity contribution in [3.63, 3.8) is 0 Å². The van der Waals surface area contributed by atoms with Gasteiger partial charge in [0, 0.05) is 10.6 Å². The number of oxime groups is 1. The Morgan fingerprint density at radius 3 is 2.56 bits per heavy atom. The van der Waals surface area contributed by atoms with Crippen LogP contribution in [0.4, 0.5) is 18.9 Å². The van der Waals surface area contributed by atoms with Gasteiger partial charge in [0.1, 0.15) is 6.61 Å². The molecule has 0 unspecified atom stereocenters. The van der Waals surface area contributed by atoms with Crippen LogP contribution in [0.25, 0.3) is 0 Å². The van der Waals surface area contributed by atoms with Crippen molar-refractivity contribution in [2.45, 2.75) is 51.0 Å². The topological polar surface area (TPSA) is 67.8 Å². The Morgan fingerprint density at radius 1 is 1.30 bits per heavy atom. The average Bonchev–Trinajstić information content (AvgIpc) is 2.60. The fourth-order valence-electron chi connectivity index (χ4n) is 2.93. The molecule has 0 aliphatic heterocycles. The quantitative estimate of drug-likeness (QED) is 0.474. The molecule has 0 radical (unpaired) electrons. The lowest BCUT2D eigenvalue weighted by Crippen LogP contribution is -2.30. The number of rotatable bonds is 7. The number of hydrogen-bond donors (Lipinski definition) is 1. The summed E-state index contributed by atoms with van der Waals surface area (Å²) in [6.07, 6.45) is 5.96. The third-order valence-corrected chi connectivity index (χ3v) is 5.72. The van der Waals surface area contributed by atoms with Crippen molar-refractivity contribution < 1.29 is 26.4 Å². The number of nitrogens with zero attached hydrogens (tertiary/aromatic N) is 1. The Balaban J connectivity index is 2.23. The van der Waals surface area contributed by atoms with Crippen molar-refractivity contribution >= 4 is 33.0 Å². The van der Waals surface area contributed by atoms with Gasteiger partial charge in [0.15, 0.2) is 0 Å². The maximum absolute atomic E-state index is 12.7. The van der Waals surface area contributed by atoms with Crippen LogP contribution in [-0.4, -0.2) is 26.2 Å². The molecule has 1 N–H and O–H groups in total. The minimum atomic E-state index is -5.55. The molecule has 1 saturated carbocycles. The third-order valence-electron chi connectivity index (χ3n) is 4.39. The summed E-state index contributed by atoms with van der Waals surface area (Å²) in [7, 11) is -5.55. The highest BCUT2D eigenvalue weighted by molar-refractivity contribution is 7.93. The highest BCUT2D eigenvalue weighted by Crippen LogP contribution is 2.29. The molecule has 1 aliphatic rings. The first-order chi connectivity index (χ1) is 12.6. The van der Waals surface area contributed by atoms with Gasteiger partial charge in [0.2, 0.25) is 0 Å². The molecule has 0 saturated heterocycles. The molecule has 1 aromatic carbocycles. The van der Waals surface area contributed by atoms with Crippen molar-refractivity contribution in [1.29, 1.82) is 0 Å². The highest BCUT2D eigenvalue weighted by atomic mass is 35.5. The minimum absolute atomic E-state index is 0.154. The number of hydrogen-bond acceptors (Lipinski definition) is 4. The molecule has 27 heavy (non-hydrogen) atoms. The average molecular weight is 427 g/mol. The molecule has 0 amide bonds. The van der Waals surface area contributed by atoms with Gasteiger partial charge in [-0.3, -0.25) is 4.72 Å². The summed E-state index contributed by atoms with van der Waals surface area (Å²) in [6, 6.07) is 3.84. The molecule has 1 aliphatic carbocycles. The van der Waals surface area contributed by atoms with Gasteiger partial charge >= 0.3 is 15.5 Å². The molecule has 1 aromatic rings. The van der Waals surface area contributed by atoms with Crippen LogP contribution >= 0.6 is 11.6 Å². The Hall–Kier alpha value is -1.48. The van der Waals surface area contributed by atoms with Gasteiger partial charge in [-0.05, 0) is 43.4 Å². The smallest absolute Gasteiger partial charge is 0.395 e. The van der Waals surface area contributed by atoms with Crippen molar-refractivity contribution in [3.8, 4) is 0 Å². The van der Waals surface area contributed by atoms with Crippen molar-refractivity contribution in [2.75, 3.05) is 11.3 Å². The van der Waals surface area contributed by atoms with Crippen LogP contribution in [0.2, 0.25) is 5.02 Å². The molecule has 1 fully saturated rings. The van der Waals surface area contributed by atoms with Gasteiger partial charge in [0.25, 0.3) is 0 Å². The Labute approximate surface area is 162 Å². The van der Waals surface area contributed by atoms with E-state index in [1.54, 1.807) is 11.6 Å². The second kappa shape index (κ2) is 9.14. The Bertz CT molecular complexity index is 776. The van der Waals surface area contributed by atoms with Crippen molar-refractivity contribution in [1.82, 2.24) is 0 Å². The molecule has 5 nitrogen and oxygen atoms in total. The molecule has 152 valence electrons. The van der Waals surface area contributed by atoms with Gasteiger partial charge < -0.3 is 4.84 Å². The van der Waals surface area contributed by atoms with Crippen molar-refractivity contribution in [3.05, 3.63) is 28.8 Å². The molecule has 0 spiro atoms. The van der Waals surface area contributed by atoms with Crippen LogP contribution in [0, 0.1) is 5.92 Å². The van der Waals surface area contributed by atoms with E-state index in [1.165, 1.54) is 24.6 Å². The second-order valence-corrected chi connectivity index (χ2v) is 8.54. The lowest BCUT2D eigenvalue weighted by Gasteiger charge is -2.20. The molecule has 0 heterocycles. The van der Waals surface area contributed by atoms with E-state index in [9.17, 15) is 21.6 Å². The monoisotopic (exact) mass is 426 g/mol. The van der Waals surface area contributed by atoms with Crippen LogP contribution in [0.15, 0.2) is 23.4 Å². The molecule has 0 aromatic heterocycles. The van der Waals surface area contributed by atoms with E-state index in [4.69, 9.17) is 16.4 Å². The van der Waals surface area contributed by atoms with Gasteiger partial charge in [-0.15, -0.1) is 0 Å². The zero-order valence-corrected chi connectivity index (χ0v) is 16.4. The number of alkyl halides is 3. The molecular weight excluding hydrogens is 405 g/mol.